The molecule has 0 amide bonds. The Morgan fingerprint density at radius 1 is 0.833 bits per heavy atom. The number of terminal acetylenes is 2. The maximum absolute atomic E-state index is 5.38. The summed E-state index contributed by atoms with van der Waals surface area (Å²) in [6, 6.07) is 0. The van der Waals surface area contributed by atoms with E-state index in [-0.39, 0.29) is 19.5 Å². The molecule has 0 atom stereocenters. The van der Waals surface area contributed by atoms with Gasteiger partial charge in [0.05, 0.1) is 0 Å². The lowest BCUT2D eigenvalue weighted by Gasteiger charge is -2.15. The summed E-state index contributed by atoms with van der Waals surface area (Å²) >= 11 is 0. The molecule has 0 unspecified atom stereocenters. The molecule has 0 aromatic carbocycles. The first kappa shape index (κ1) is 17.0. The monoisotopic (exact) mass is 250 g/mol. The summed E-state index contributed by atoms with van der Waals surface area (Å²) in [5, 5.41) is 0. The zero-order chi connectivity index (χ0) is 13.5. The Hall–Kier alpha value is -0.960. The average Bonchev–Trinajstić information content (AvgIpc) is 2.40. The summed E-state index contributed by atoms with van der Waals surface area (Å²) in [7, 11) is 0. The second-order valence-electron chi connectivity index (χ2n) is 4.37. The zero-order valence-corrected chi connectivity index (χ0v) is 11.6. The molecule has 2 nitrogen and oxygen atoms in total. The fourth-order valence-corrected chi connectivity index (χ4v) is 1.77. The van der Waals surface area contributed by atoms with Gasteiger partial charge in [0.1, 0.15) is 13.2 Å². The van der Waals surface area contributed by atoms with Gasteiger partial charge in [-0.05, 0) is 12.8 Å². The van der Waals surface area contributed by atoms with Crippen molar-refractivity contribution in [2.24, 2.45) is 0 Å². The van der Waals surface area contributed by atoms with Crippen LogP contribution in [0.3, 0.4) is 0 Å². The zero-order valence-electron chi connectivity index (χ0n) is 11.6. The highest BCUT2D eigenvalue weighted by atomic mass is 16.7. The highest BCUT2D eigenvalue weighted by Gasteiger charge is 2.07. The summed E-state index contributed by atoms with van der Waals surface area (Å²) in [6.45, 7) is 2.80. The molecule has 0 radical (unpaired) electrons. The van der Waals surface area contributed by atoms with Gasteiger partial charge >= 0.3 is 0 Å². The molecule has 0 aromatic rings. The summed E-state index contributed by atoms with van der Waals surface area (Å²) in [5.74, 6) is 4.89. The maximum Gasteiger partial charge on any atom is 0.160 e. The van der Waals surface area contributed by atoms with Gasteiger partial charge in [-0.15, -0.1) is 12.8 Å². The van der Waals surface area contributed by atoms with Crippen molar-refractivity contribution in [2.45, 2.75) is 64.6 Å². The van der Waals surface area contributed by atoms with Crippen LogP contribution in [0.2, 0.25) is 0 Å². The SMILES string of the molecule is C#CCOC(CCCCCCCCC)OCC#C. The molecule has 0 saturated carbocycles. The van der Waals surface area contributed by atoms with Crippen LogP contribution in [0.15, 0.2) is 0 Å². The topological polar surface area (TPSA) is 18.5 Å². The fourth-order valence-electron chi connectivity index (χ4n) is 1.77. The van der Waals surface area contributed by atoms with Crippen molar-refractivity contribution in [3.8, 4) is 24.7 Å². The smallest absolute Gasteiger partial charge is 0.160 e. The van der Waals surface area contributed by atoms with E-state index in [0.717, 1.165) is 12.8 Å². The molecular weight excluding hydrogens is 224 g/mol. The van der Waals surface area contributed by atoms with E-state index in [4.69, 9.17) is 22.3 Å². The van der Waals surface area contributed by atoms with Crippen LogP contribution in [0, 0.1) is 24.7 Å². The lowest BCUT2D eigenvalue weighted by molar-refractivity contribution is -0.128. The van der Waals surface area contributed by atoms with Crippen LogP contribution in [0.4, 0.5) is 0 Å². The molecule has 0 fully saturated rings. The van der Waals surface area contributed by atoms with Gasteiger partial charge in [-0.3, -0.25) is 0 Å². The molecule has 0 bridgehead atoms. The first-order chi connectivity index (χ1) is 8.85. The summed E-state index contributed by atoms with van der Waals surface area (Å²) in [4.78, 5) is 0. The second kappa shape index (κ2) is 14.1. The van der Waals surface area contributed by atoms with Gasteiger partial charge in [0.2, 0.25) is 0 Å². The van der Waals surface area contributed by atoms with Crippen molar-refractivity contribution in [3.05, 3.63) is 0 Å². The average molecular weight is 250 g/mol. The van der Waals surface area contributed by atoms with Crippen LogP contribution in [-0.2, 0) is 9.47 Å². The van der Waals surface area contributed by atoms with E-state index in [2.05, 4.69) is 18.8 Å². The minimum Gasteiger partial charge on any atom is -0.340 e. The predicted octanol–water partition coefficient (Wildman–Crippen LogP) is 3.75. The van der Waals surface area contributed by atoms with Crippen LogP contribution in [-0.4, -0.2) is 19.5 Å². The van der Waals surface area contributed by atoms with Crippen molar-refractivity contribution in [1.82, 2.24) is 0 Å². The largest absolute Gasteiger partial charge is 0.340 e. The predicted molar refractivity (Wildman–Crippen MR) is 76.0 cm³/mol. The third-order valence-corrected chi connectivity index (χ3v) is 2.75. The first-order valence-corrected chi connectivity index (χ1v) is 6.95. The molecule has 0 aromatic heterocycles. The Kier molecular flexibility index (Phi) is 13.4. The molecule has 0 aliphatic rings. The van der Waals surface area contributed by atoms with Crippen molar-refractivity contribution >= 4 is 0 Å². The Bertz CT molecular complexity index is 229. The number of unbranched alkanes of at least 4 members (excludes halogenated alkanes) is 6. The Labute approximate surface area is 112 Å². The molecule has 0 N–H and O–H groups in total. The van der Waals surface area contributed by atoms with Gasteiger partial charge in [-0.1, -0.05) is 57.3 Å². The van der Waals surface area contributed by atoms with Gasteiger partial charge in [0, 0.05) is 0 Å². The third kappa shape index (κ3) is 11.5. The Morgan fingerprint density at radius 2 is 1.33 bits per heavy atom. The molecule has 0 spiro atoms. The molecule has 102 valence electrons. The van der Waals surface area contributed by atoms with E-state index in [0.29, 0.717) is 0 Å². The second-order valence-corrected chi connectivity index (χ2v) is 4.37. The van der Waals surface area contributed by atoms with E-state index in [1.165, 1.54) is 38.5 Å². The number of hydrogen-bond donors (Lipinski definition) is 0. The molecule has 0 saturated heterocycles. The quantitative estimate of drug-likeness (QED) is 0.298. The number of rotatable bonds is 12. The molecule has 0 heterocycles. The third-order valence-electron chi connectivity index (χ3n) is 2.75. The first-order valence-electron chi connectivity index (χ1n) is 6.95. The van der Waals surface area contributed by atoms with Gasteiger partial charge in [0.25, 0.3) is 0 Å². The molecule has 18 heavy (non-hydrogen) atoms. The Balaban J connectivity index is 3.50. The molecule has 0 aliphatic carbocycles. The molecular formula is C16H26O2. The molecule has 2 heteroatoms. The minimum atomic E-state index is -0.243. The van der Waals surface area contributed by atoms with E-state index in [1.54, 1.807) is 0 Å². The van der Waals surface area contributed by atoms with Gasteiger partial charge in [-0.2, -0.15) is 0 Å². The number of ether oxygens (including phenoxy) is 2. The molecule has 0 rings (SSSR count). The van der Waals surface area contributed by atoms with Crippen LogP contribution < -0.4 is 0 Å². The lowest BCUT2D eigenvalue weighted by Crippen LogP contribution is -2.17. The van der Waals surface area contributed by atoms with Crippen molar-refractivity contribution in [2.75, 3.05) is 13.2 Å². The van der Waals surface area contributed by atoms with Gasteiger partial charge < -0.3 is 9.47 Å². The summed E-state index contributed by atoms with van der Waals surface area (Å²) < 4.78 is 10.8. The van der Waals surface area contributed by atoms with Gasteiger partial charge in [-0.25, -0.2) is 0 Å². The highest BCUT2D eigenvalue weighted by molar-refractivity contribution is 4.84. The van der Waals surface area contributed by atoms with Crippen LogP contribution in [0.5, 0.6) is 0 Å². The molecule has 0 aliphatic heterocycles. The van der Waals surface area contributed by atoms with E-state index < -0.39 is 0 Å². The number of hydrogen-bond acceptors (Lipinski definition) is 2. The minimum absolute atomic E-state index is 0.243. The fraction of sp³-hybridized carbons (Fsp3) is 0.750. The van der Waals surface area contributed by atoms with Gasteiger partial charge in [0.15, 0.2) is 6.29 Å². The standard InChI is InChI=1S/C16H26O2/c1-4-7-8-9-10-11-12-13-16(17-14-5-2)18-15-6-3/h2-3,16H,4,7-15H2,1H3. The van der Waals surface area contributed by atoms with Crippen molar-refractivity contribution < 1.29 is 9.47 Å². The maximum atomic E-state index is 5.38. The van der Waals surface area contributed by atoms with Crippen LogP contribution >= 0.6 is 0 Å². The van der Waals surface area contributed by atoms with E-state index in [9.17, 15) is 0 Å². The summed E-state index contributed by atoms with van der Waals surface area (Å²) in [5.41, 5.74) is 0. The van der Waals surface area contributed by atoms with Crippen LogP contribution in [0.1, 0.15) is 58.3 Å². The highest BCUT2D eigenvalue weighted by Crippen LogP contribution is 2.11. The van der Waals surface area contributed by atoms with Crippen LogP contribution in [0.25, 0.3) is 0 Å². The van der Waals surface area contributed by atoms with E-state index in [1.807, 2.05) is 0 Å². The normalized spacial score (nSPS) is 10.2. The summed E-state index contributed by atoms with van der Waals surface area (Å²) in [6.07, 6.45) is 19.9. The Morgan fingerprint density at radius 3 is 1.83 bits per heavy atom. The van der Waals surface area contributed by atoms with Crippen molar-refractivity contribution in [3.63, 3.8) is 0 Å². The van der Waals surface area contributed by atoms with Crippen molar-refractivity contribution in [1.29, 1.82) is 0 Å². The van der Waals surface area contributed by atoms with E-state index >= 15 is 0 Å². The lowest BCUT2D eigenvalue weighted by atomic mass is 10.1.